The van der Waals surface area contributed by atoms with Gasteiger partial charge in [0.2, 0.25) is 11.8 Å². The van der Waals surface area contributed by atoms with Crippen LogP contribution in [0, 0.1) is 0 Å². The first-order chi connectivity index (χ1) is 16.1. The summed E-state index contributed by atoms with van der Waals surface area (Å²) >= 11 is 0. The summed E-state index contributed by atoms with van der Waals surface area (Å²) < 4.78 is 19.8. The zero-order valence-corrected chi connectivity index (χ0v) is 20.5. The lowest BCUT2D eigenvalue weighted by Crippen LogP contribution is -2.36. The third kappa shape index (κ3) is 16.5. The molecule has 12 nitrogen and oxygen atoms in total. The molecule has 0 rings (SSSR count). The minimum Gasteiger partial charge on any atom is -0.464 e. The molecule has 0 aromatic carbocycles. The Morgan fingerprint density at radius 3 is 1.15 bits per heavy atom. The molecule has 0 aliphatic rings. The summed E-state index contributed by atoms with van der Waals surface area (Å²) in [5.74, 6) is -2.55. The van der Waals surface area contributed by atoms with Crippen molar-refractivity contribution in [2.75, 3.05) is 52.6 Å². The standard InChI is InChI=1S/C22H36N2O10/c1-5-6-20(28)32-14-10-24(18(3)26)12-16-34-22(30)8-7-21(29)33-15-11-23(17(2)25)9-13-31-19(4)27/h5-16H2,1-4H3. The third-order valence-electron chi connectivity index (χ3n) is 4.42. The molecular weight excluding hydrogens is 452 g/mol. The summed E-state index contributed by atoms with van der Waals surface area (Å²) in [5, 5.41) is 0. The fourth-order valence-corrected chi connectivity index (χ4v) is 2.59. The molecule has 0 aliphatic heterocycles. The fourth-order valence-electron chi connectivity index (χ4n) is 2.59. The first kappa shape index (κ1) is 30.8. The van der Waals surface area contributed by atoms with E-state index in [2.05, 4.69) is 0 Å². The molecule has 0 unspecified atom stereocenters. The molecule has 34 heavy (non-hydrogen) atoms. The van der Waals surface area contributed by atoms with Gasteiger partial charge >= 0.3 is 23.9 Å². The van der Waals surface area contributed by atoms with Gasteiger partial charge < -0.3 is 28.7 Å². The number of ether oxygens (including phenoxy) is 4. The van der Waals surface area contributed by atoms with Gasteiger partial charge in [0.1, 0.15) is 26.4 Å². The van der Waals surface area contributed by atoms with Crippen LogP contribution in [0.25, 0.3) is 0 Å². The van der Waals surface area contributed by atoms with Crippen LogP contribution >= 0.6 is 0 Å². The van der Waals surface area contributed by atoms with Gasteiger partial charge in [-0.3, -0.25) is 28.8 Å². The number of hydrogen-bond donors (Lipinski definition) is 0. The molecule has 0 aliphatic carbocycles. The number of hydrogen-bond acceptors (Lipinski definition) is 10. The lowest BCUT2D eigenvalue weighted by atomic mass is 10.3. The molecular formula is C22H36N2O10. The average molecular weight is 489 g/mol. The van der Waals surface area contributed by atoms with Crippen molar-refractivity contribution in [2.24, 2.45) is 0 Å². The van der Waals surface area contributed by atoms with Gasteiger partial charge in [0.15, 0.2) is 0 Å². The van der Waals surface area contributed by atoms with Crippen LogP contribution in [-0.4, -0.2) is 98.1 Å². The van der Waals surface area contributed by atoms with Gasteiger partial charge in [-0.2, -0.15) is 0 Å². The first-order valence-corrected chi connectivity index (χ1v) is 11.2. The van der Waals surface area contributed by atoms with Crippen molar-refractivity contribution in [3.05, 3.63) is 0 Å². The highest BCUT2D eigenvalue weighted by Gasteiger charge is 2.14. The van der Waals surface area contributed by atoms with Crippen molar-refractivity contribution in [2.45, 2.75) is 53.4 Å². The number of carbonyl (C=O) groups is 6. The summed E-state index contributed by atoms with van der Waals surface area (Å²) in [5.41, 5.74) is 0. The van der Waals surface area contributed by atoms with Crippen molar-refractivity contribution < 1.29 is 47.7 Å². The van der Waals surface area contributed by atoms with E-state index in [0.717, 1.165) is 0 Å². The van der Waals surface area contributed by atoms with Gasteiger partial charge in [0, 0.05) is 27.2 Å². The lowest BCUT2D eigenvalue weighted by Gasteiger charge is -2.21. The molecule has 0 saturated carbocycles. The smallest absolute Gasteiger partial charge is 0.306 e. The molecule has 0 bridgehead atoms. The monoisotopic (exact) mass is 488 g/mol. The highest BCUT2D eigenvalue weighted by Crippen LogP contribution is 1.99. The van der Waals surface area contributed by atoms with E-state index in [1.54, 1.807) is 0 Å². The molecule has 0 N–H and O–H groups in total. The Labute approximate surface area is 199 Å². The van der Waals surface area contributed by atoms with Gasteiger partial charge in [0.25, 0.3) is 0 Å². The topological polar surface area (TPSA) is 146 Å². The Hall–Kier alpha value is -3.18. The van der Waals surface area contributed by atoms with E-state index in [1.165, 1.54) is 30.6 Å². The van der Waals surface area contributed by atoms with Crippen LogP contribution < -0.4 is 0 Å². The molecule has 0 spiro atoms. The summed E-state index contributed by atoms with van der Waals surface area (Å²) in [6.07, 6.45) is 0.588. The Balaban J connectivity index is 4.10. The van der Waals surface area contributed by atoms with Crippen molar-refractivity contribution >= 4 is 35.7 Å². The maximum Gasteiger partial charge on any atom is 0.306 e. The minimum absolute atomic E-state index is 0.0414. The van der Waals surface area contributed by atoms with Crippen LogP contribution in [0.15, 0.2) is 0 Å². The molecule has 0 aromatic rings. The highest BCUT2D eigenvalue weighted by molar-refractivity contribution is 5.78. The van der Waals surface area contributed by atoms with Crippen LogP contribution in [0.3, 0.4) is 0 Å². The van der Waals surface area contributed by atoms with Crippen molar-refractivity contribution in [3.8, 4) is 0 Å². The fraction of sp³-hybridized carbons (Fsp3) is 0.727. The quantitative estimate of drug-likeness (QED) is 0.209. The Morgan fingerprint density at radius 1 is 0.529 bits per heavy atom. The van der Waals surface area contributed by atoms with Crippen LogP contribution in [0.4, 0.5) is 0 Å². The van der Waals surface area contributed by atoms with Gasteiger partial charge in [-0.1, -0.05) is 6.92 Å². The van der Waals surface area contributed by atoms with E-state index in [0.29, 0.717) is 12.8 Å². The van der Waals surface area contributed by atoms with E-state index in [-0.39, 0.29) is 83.2 Å². The van der Waals surface area contributed by atoms with Gasteiger partial charge in [0.05, 0.1) is 39.0 Å². The van der Waals surface area contributed by atoms with E-state index >= 15 is 0 Å². The van der Waals surface area contributed by atoms with Crippen molar-refractivity contribution in [3.63, 3.8) is 0 Å². The lowest BCUT2D eigenvalue weighted by molar-refractivity contribution is -0.152. The maximum absolute atomic E-state index is 11.8. The van der Waals surface area contributed by atoms with Crippen LogP contribution in [0.1, 0.15) is 53.4 Å². The second-order valence-electron chi connectivity index (χ2n) is 7.26. The van der Waals surface area contributed by atoms with Crippen molar-refractivity contribution in [1.29, 1.82) is 0 Å². The average Bonchev–Trinajstić information content (AvgIpc) is 2.75. The molecule has 194 valence electrons. The highest BCUT2D eigenvalue weighted by atomic mass is 16.5. The number of rotatable bonds is 17. The Kier molecular flexibility index (Phi) is 16.6. The van der Waals surface area contributed by atoms with E-state index in [1.807, 2.05) is 6.92 Å². The van der Waals surface area contributed by atoms with Gasteiger partial charge in [-0.15, -0.1) is 0 Å². The largest absolute Gasteiger partial charge is 0.464 e. The van der Waals surface area contributed by atoms with Crippen LogP contribution in [0.2, 0.25) is 0 Å². The summed E-state index contributed by atoms with van der Waals surface area (Å²) in [6.45, 7) is 6.41. The van der Waals surface area contributed by atoms with Crippen LogP contribution in [0.5, 0.6) is 0 Å². The van der Waals surface area contributed by atoms with E-state index in [4.69, 9.17) is 18.9 Å². The summed E-state index contributed by atoms with van der Waals surface area (Å²) in [7, 11) is 0. The Bertz CT molecular complexity index is 695. The second-order valence-corrected chi connectivity index (χ2v) is 7.26. The molecule has 0 heterocycles. The zero-order valence-electron chi connectivity index (χ0n) is 20.5. The molecule has 0 fully saturated rings. The second kappa shape index (κ2) is 18.3. The number of carbonyl (C=O) groups excluding carboxylic acids is 6. The maximum atomic E-state index is 11.8. The normalized spacial score (nSPS) is 10.1. The molecule has 0 atom stereocenters. The third-order valence-corrected chi connectivity index (χ3v) is 4.42. The SMILES string of the molecule is CCCC(=O)OCCN(CCOC(=O)CCC(=O)OCCN(CCOC(C)=O)C(C)=O)C(C)=O. The molecule has 2 amide bonds. The predicted molar refractivity (Wildman–Crippen MR) is 118 cm³/mol. The zero-order chi connectivity index (χ0) is 25.9. The molecule has 0 saturated heterocycles. The van der Waals surface area contributed by atoms with Gasteiger partial charge in [-0.05, 0) is 6.42 Å². The predicted octanol–water partition coefficient (Wildman–Crippen LogP) is 0.456. The molecule has 12 heteroatoms. The number of nitrogens with zero attached hydrogens (tertiary/aromatic N) is 2. The van der Waals surface area contributed by atoms with Gasteiger partial charge in [-0.25, -0.2) is 0 Å². The van der Waals surface area contributed by atoms with Crippen molar-refractivity contribution in [1.82, 2.24) is 9.80 Å². The Morgan fingerprint density at radius 2 is 0.853 bits per heavy atom. The summed E-state index contributed by atoms with van der Waals surface area (Å²) in [4.78, 5) is 71.7. The van der Waals surface area contributed by atoms with Crippen LogP contribution in [-0.2, 0) is 47.7 Å². The number of amides is 2. The van der Waals surface area contributed by atoms with E-state index in [9.17, 15) is 28.8 Å². The summed E-state index contributed by atoms with van der Waals surface area (Å²) in [6, 6.07) is 0. The minimum atomic E-state index is -0.625. The molecule has 0 radical (unpaired) electrons. The van der Waals surface area contributed by atoms with E-state index < -0.39 is 17.9 Å². The first-order valence-electron chi connectivity index (χ1n) is 11.2. The number of esters is 4. The molecule has 0 aromatic heterocycles.